The van der Waals surface area contributed by atoms with Crippen molar-refractivity contribution in [3.63, 3.8) is 0 Å². The lowest BCUT2D eigenvalue weighted by Gasteiger charge is -2.18. The van der Waals surface area contributed by atoms with Crippen LogP contribution in [0.15, 0.2) is 54.9 Å². The third-order valence-corrected chi connectivity index (χ3v) is 5.85. The summed E-state index contributed by atoms with van der Waals surface area (Å²) in [6.45, 7) is 5.69. The number of fused-ring (bicyclic) bond motifs is 1. The van der Waals surface area contributed by atoms with Crippen LogP contribution in [0.5, 0.6) is 0 Å². The van der Waals surface area contributed by atoms with Crippen LogP contribution in [-0.4, -0.2) is 61.0 Å². The van der Waals surface area contributed by atoms with Crippen LogP contribution in [-0.2, 0) is 12.0 Å². The van der Waals surface area contributed by atoms with Crippen molar-refractivity contribution in [1.82, 2.24) is 24.6 Å². The fourth-order valence-corrected chi connectivity index (χ4v) is 3.85. The number of benzene rings is 1. The van der Waals surface area contributed by atoms with E-state index in [9.17, 15) is 9.90 Å². The third kappa shape index (κ3) is 4.55. The van der Waals surface area contributed by atoms with Gasteiger partial charge in [0, 0.05) is 42.5 Å². The molecule has 1 aromatic carbocycles. The lowest BCUT2D eigenvalue weighted by atomic mass is 9.98. The summed E-state index contributed by atoms with van der Waals surface area (Å²) in [6.07, 6.45) is 4.15. The zero-order valence-electron chi connectivity index (χ0n) is 19.9. The maximum Gasteiger partial charge on any atom is 0.253 e. The Bertz CT molecular complexity index is 1320. The molecule has 0 fully saturated rings. The summed E-state index contributed by atoms with van der Waals surface area (Å²) in [6, 6.07) is 13.0. The van der Waals surface area contributed by atoms with E-state index < -0.39 is 5.60 Å². The Morgan fingerprint density at radius 3 is 2.56 bits per heavy atom. The van der Waals surface area contributed by atoms with Crippen LogP contribution in [0.3, 0.4) is 0 Å². The van der Waals surface area contributed by atoms with E-state index in [0.717, 1.165) is 39.8 Å². The Labute approximate surface area is 198 Å². The second-order valence-corrected chi connectivity index (χ2v) is 8.79. The third-order valence-electron chi connectivity index (χ3n) is 5.85. The molecule has 2 N–H and O–H groups in total. The number of nitrogens with zero attached hydrogens (tertiary/aromatic N) is 5. The monoisotopic (exact) mass is 459 g/mol. The first kappa shape index (κ1) is 23.5. The molecule has 8 nitrogen and oxygen atoms in total. The van der Waals surface area contributed by atoms with Crippen LogP contribution in [0.25, 0.3) is 28.0 Å². The number of carbonyl (C=O) groups excluding carboxylic acids is 1. The highest BCUT2D eigenvalue weighted by Gasteiger charge is 2.18. The van der Waals surface area contributed by atoms with E-state index in [1.807, 2.05) is 37.3 Å². The number of amides is 1. The van der Waals surface area contributed by atoms with Crippen LogP contribution in [0.1, 0.15) is 42.4 Å². The standard InChI is InChI=1S/C26H29N5O3/c1-5-21-20-8-6-17(25(33)30(4)12-13-32)14-23(20)31(29-21)24-9-7-18(16-28-24)22-15-19(10-11-27-22)26(2,3)34/h6-11,14-16,32,34H,5,12-13H2,1-4H3. The molecule has 34 heavy (non-hydrogen) atoms. The first-order chi connectivity index (χ1) is 16.2. The van der Waals surface area contributed by atoms with Crippen LogP contribution in [0.4, 0.5) is 0 Å². The fraction of sp³-hybridized carbons (Fsp3) is 0.308. The van der Waals surface area contributed by atoms with Crippen molar-refractivity contribution in [3.05, 3.63) is 71.7 Å². The lowest BCUT2D eigenvalue weighted by molar-refractivity contribution is 0.0765. The van der Waals surface area contributed by atoms with Crippen molar-refractivity contribution in [1.29, 1.82) is 0 Å². The molecule has 0 aliphatic heterocycles. The molecule has 4 aromatic rings. The van der Waals surface area contributed by atoms with Gasteiger partial charge in [-0.3, -0.25) is 9.78 Å². The quantitative estimate of drug-likeness (QED) is 0.439. The first-order valence-corrected chi connectivity index (χ1v) is 11.3. The highest BCUT2D eigenvalue weighted by atomic mass is 16.3. The van der Waals surface area contributed by atoms with Crippen LogP contribution in [0.2, 0.25) is 0 Å². The molecule has 0 spiro atoms. The van der Waals surface area contributed by atoms with E-state index in [1.165, 1.54) is 4.90 Å². The predicted octanol–water partition coefficient (Wildman–Crippen LogP) is 3.34. The summed E-state index contributed by atoms with van der Waals surface area (Å²) in [5, 5.41) is 25.2. The van der Waals surface area contributed by atoms with Crippen molar-refractivity contribution in [3.8, 4) is 17.1 Å². The summed E-state index contributed by atoms with van der Waals surface area (Å²) in [5.41, 5.74) is 3.59. The number of rotatable bonds is 7. The number of carbonyl (C=O) groups is 1. The van der Waals surface area contributed by atoms with Crippen LogP contribution < -0.4 is 0 Å². The normalized spacial score (nSPS) is 11.7. The molecule has 0 bridgehead atoms. The topological polar surface area (TPSA) is 104 Å². The average molecular weight is 460 g/mol. The van der Waals surface area contributed by atoms with E-state index >= 15 is 0 Å². The highest BCUT2D eigenvalue weighted by molar-refractivity contribution is 5.98. The number of hydrogen-bond acceptors (Lipinski definition) is 6. The number of aryl methyl sites for hydroxylation is 1. The zero-order valence-corrected chi connectivity index (χ0v) is 19.9. The van der Waals surface area contributed by atoms with Gasteiger partial charge in [-0.2, -0.15) is 5.10 Å². The van der Waals surface area contributed by atoms with Gasteiger partial charge in [0.05, 0.1) is 29.1 Å². The van der Waals surface area contributed by atoms with Gasteiger partial charge >= 0.3 is 0 Å². The van der Waals surface area contributed by atoms with E-state index in [-0.39, 0.29) is 19.1 Å². The van der Waals surface area contributed by atoms with Crippen LogP contribution in [0, 0.1) is 0 Å². The molecule has 0 unspecified atom stereocenters. The Kier molecular flexibility index (Phi) is 6.45. The molecule has 3 aromatic heterocycles. The van der Waals surface area contributed by atoms with E-state index in [0.29, 0.717) is 11.4 Å². The van der Waals surface area contributed by atoms with Gasteiger partial charge < -0.3 is 15.1 Å². The fourth-order valence-electron chi connectivity index (χ4n) is 3.85. The van der Waals surface area contributed by atoms with Crippen molar-refractivity contribution in [2.24, 2.45) is 0 Å². The van der Waals surface area contributed by atoms with Gasteiger partial charge in [0.2, 0.25) is 0 Å². The molecular formula is C26H29N5O3. The highest BCUT2D eigenvalue weighted by Crippen LogP contribution is 2.27. The second-order valence-electron chi connectivity index (χ2n) is 8.79. The Morgan fingerprint density at radius 1 is 1.12 bits per heavy atom. The number of aliphatic hydroxyl groups is 2. The van der Waals surface area contributed by atoms with Gasteiger partial charge in [-0.05, 0) is 62.2 Å². The molecule has 0 saturated carbocycles. The summed E-state index contributed by atoms with van der Waals surface area (Å²) in [5.74, 6) is 0.461. The number of hydrogen-bond donors (Lipinski definition) is 2. The van der Waals surface area contributed by atoms with Crippen molar-refractivity contribution < 1.29 is 15.0 Å². The minimum absolute atomic E-state index is 0.0910. The molecule has 3 heterocycles. The Hall–Kier alpha value is -3.62. The zero-order chi connectivity index (χ0) is 24.5. The first-order valence-electron chi connectivity index (χ1n) is 11.3. The SMILES string of the molecule is CCc1nn(-c2ccc(-c3cc(C(C)(C)O)ccn3)cn2)c2cc(C(=O)N(C)CCO)ccc12. The average Bonchev–Trinajstić information content (AvgIpc) is 3.21. The molecular weight excluding hydrogens is 430 g/mol. The molecule has 0 aliphatic carbocycles. The summed E-state index contributed by atoms with van der Waals surface area (Å²) in [7, 11) is 1.67. The minimum Gasteiger partial charge on any atom is -0.395 e. The summed E-state index contributed by atoms with van der Waals surface area (Å²) in [4.78, 5) is 23.3. The molecule has 1 amide bonds. The van der Waals surface area contributed by atoms with Gasteiger partial charge in [-0.25, -0.2) is 9.67 Å². The van der Waals surface area contributed by atoms with Gasteiger partial charge in [0.15, 0.2) is 5.82 Å². The Morgan fingerprint density at radius 2 is 1.91 bits per heavy atom. The summed E-state index contributed by atoms with van der Waals surface area (Å²) >= 11 is 0. The van der Waals surface area contributed by atoms with Crippen molar-refractivity contribution in [2.75, 3.05) is 20.2 Å². The maximum atomic E-state index is 12.7. The van der Waals surface area contributed by atoms with Crippen molar-refractivity contribution in [2.45, 2.75) is 32.8 Å². The largest absolute Gasteiger partial charge is 0.395 e. The number of pyridine rings is 2. The van der Waals surface area contributed by atoms with Crippen LogP contribution >= 0.6 is 0 Å². The molecule has 0 saturated heterocycles. The number of aliphatic hydroxyl groups excluding tert-OH is 1. The van der Waals surface area contributed by atoms with Crippen molar-refractivity contribution >= 4 is 16.8 Å². The molecule has 0 atom stereocenters. The summed E-state index contributed by atoms with van der Waals surface area (Å²) < 4.78 is 1.75. The molecule has 0 radical (unpaired) electrons. The van der Waals surface area contributed by atoms with E-state index in [2.05, 4.69) is 9.97 Å². The predicted molar refractivity (Wildman–Crippen MR) is 131 cm³/mol. The molecule has 8 heteroatoms. The number of aromatic nitrogens is 4. The minimum atomic E-state index is -0.962. The Balaban J connectivity index is 1.73. The molecule has 0 aliphatic rings. The molecule has 4 rings (SSSR count). The maximum absolute atomic E-state index is 12.7. The van der Waals surface area contributed by atoms with Gasteiger partial charge in [0.25, 0.3) is 5.91 Å². The van der Waals surface area contributed by atoms with Gasteiger partial charge in [-0.1, -0.05) is 13.0 Å². The lowest BCUT2D eigenvalue weighted by Crippen LogP contribution is -2.29. The van der Waals surface area contributed by atoms with E-state index in [4.69, 9.17) is 10.2 Å². The second kappa shape index (κ2) is 9.32. The number of likely N-dealkylation sites (N-methyl/N-ethyl adjacent to an activating group) is 1. The van der Waals surface area contributed by atoms with Gasteiger partial charge in [-0.15, -0.1) is 0 Å². The smallest absolute Gasteiger partial charge is 0.253 e. The van der Waals surface area contributed by atoms with E-state index in [1.54, 1.807) is 50.1 Å². The molecule has 176 valence electrons. The van der Waals surface area contributed by atoms with Gasteiger partial charge in [0.1, 0.15) is 0 Å².